The number of fused-ring (bicyclic) bond motifs is 1. The molecule has 0 saturated carbocycles. The van der Waals surface area contributed by atoms with Gasteiger partial charge in [-0.3, -0.25) is 9.69 Å². The van der Waals surface area contributed by atoms with Gasteiger partial charge in [0.05, 0.1) is 5.56 Å². The van der Waals surface area contributed by atoms with Crippen LogP contribution in [0.15, 0.2) is 0 Å². The number of nitrogens with zero attached hydrogens (tertiary/aromatic N) is 2. The number of hydrogen-bond donors (Lipinski definition) is 1. The molecule has 0 radical (unpaired) electrons. The molecule has 3 heterocycles. The predicted octanol–water partition coefficient (Wildman–Crippen LogP) is 2.82. The summed E-state index contributed by atoms with van der Waals surface area (Å²) in [6.45, 7) is 7.53. The van der Waals surface area contributed by atoms with Gasteiger partial charge >= 0.3 is 0 Å². The van der Waals surface area contributed by atoms with Crippen molar-refractivity contribution in [3.8, 4) is 0 Å². The van der Waals surface area contributed by atoms with E-state index in [1.807, 2.05) is 11.3 Å². The van der Waals surface area contributed by atoms with E-state index in [0.717, 1.165) is 38.0 Å². The van der Waals surface area contributed by atoms with E-state index in [9.17, 15) is 4.79 Å². The first-order chi connectivity index (χ1) is 11.0. The average molecular weight is 336 g/mol. The summed E-state index contributed by atoms with van der Waals surface area (Å²) in [6.07, 6.45) is 4.60. The highest BCUT2D eigenvalue weighted by Gasteiger charge is 2.31. The largest absolute Gasteiger partial charge is 0.352 e. The van der Waals surface area contributed by atoms with Gasteiger partial charge in [-0.25, -0.2) is 0 Å². The van der Waals surface area contributed by atoms with Crippen LogP contribution in [0.4, 0.5) is 0 Å². The van der Waals surface area contributed by atoms with Crippen molar-refractivity contribution in [3.05, 3.63) is 20.9 Å². The van der Waals surface area contributed by atoms with Crippen molar-refractivity contribution in [2.75, 3.05) is 33.7 Å². The Labute approximate surface area is 143 Å². The summed E-state index contributed by atoms with van der Waals surface area (Å²) >= 11 is 1.89. The molecule has 23 heavy (non-hydrogen) atoms. The van der Waals surface area contributed by atoms with Crippen LogP contribution >= 0.6 is 11.3 Å². The first kappa shape index (κ1) is 16.9. The first-order valence-electron chi connectivity index (χ1n) is 8.83. The minimum atomic E-state index is 0.132. The van der Waals surface area contributed by atoms with E-state index >= 15 is 0 Å². The summed E-state index contributed by atoms with van der Waals surface area (Å²) in [7, 11) is 4.38. The van der Waals surface area contributed by atoms with Gasteiger partial charge in [0.15, 0.2) is 0 Å². The third kappa shape index (κ3) is 3.19. The molecule has 1 aromatic heterocycles. The number of nitrogens with one attached hydrogen (secondary N) is 1. The molecule has 1 amide bonds. The van der Waals surface area contributed by atoms with Crippen molar-refractivity contribution in [2.24, 2.45) is 0 Å². The number of carbonyl (C=O) groups excluding carboxylic acids is 1. The molecule has 0 bridgehead atoms. The second kappa shape index (κ2) is 6.91. The Hall–Kier alpha value is -0.910. The summed E-state index contributed by atoms with van der Waals surface area (Å²) in [6, 6.07) is 1.19. The smallest absolute Gasteiger partial charge is 0.252 e. The maximum absolute atomic E-state index is 12.2. The van der Waals surface area contributed by atoms with Crippen LogP contribution in [0, 0.1) is 6.92 Å². The van der Waals surface area contributed by atoms with Crippen molar-refractivity contribution >= 4 is 17.2 Å². The number of thiophene rings is 1. The number of amides is 1. The zero-order valence-corrected chi connectivity index (χ0v) is 15.6. The van der Waals surface area contributed by atoms with Gasteiger partial charge in [0, 0.05) is 41.5 Å². The van der Waals surface area contributed by atoms with Crippen molar-refractivity contribution < 1.29 is 4.79 Å². The Kier molecular flexibility index (Phi) is 5.09. The summed E-state index contributed by atoms with van der Waals surface area (Å²) < 4.78 is 0. The van der Waals surface area contributed by atoms with Crippen LogP contribution in [0.2, 0.25) is 0 Å². The molecule has 1 aromatic rings. The zero-order chi connectivity index (χ0) is 16.6. The Bertz CT molecular complexity index is 573. The lowest BCUT2D eigenvalue weighted by molar-refractivity contribution is 0.0945. The fraction of sp³-hybridized carbons (Fsp3) is 0.722. The van der Waals surface area contributed by atoms with Crippen molar-refractivity contribution in [3.63, 3.8) is 0 Å². The van der Waals surface area contributed by atoms with Crippen LogP contribution < -0.4 is 5.32 Å². The summed E-state index contributed by atoms with van der Waals surface area (Å²) in [5.41, 5.74) is 2.20. The minimum Gasteiger partial charge on any atom is -0.352 e. The molecule has 1 fully saturated rings. The maximum Gasteiger partial charge on any atom is 0.252 e. The molecule has 1 unspecified atom stereocenters. The van der Waals surface area contributed by atoms with Gasteiger partial charge in [-0.05, 0) is 52.3 Å². The lowest BCUT2D eigenvalue weighted by Crippen LogP contribution is -2.43. The van der Waals surface area contributed by atoms with Crippen LogP contribution in [-0.2, 0) is 6.42 Å². The van der Waals surface area contributed by atoms with Gasteiger partial charge in [-0.15, -0.1) is 11.3 Å². The second-order valence-electron chi connectivity index (χ2n) is 7.05. The fourth-order valence-electron chi connectivity index (χ4n) is 4.08. The molecule has 5 heteroatoms. The lowest BCUT2D eigenvalue weighted by atomic mass is 9.97. The molecule has 1 atom stereocenters. The molecule has 0 aromatic carbocycles. The Morgan fingerprint density at radius 1 is 1.35 bits per heavy atom. The number of hydrogen-bond acceptors (Lipinski definition) is 4. The normalized spacial score (nSPS) is 21.3. The third-order valence-electron chi connectivity index (χ3n) is 5.48. The standard InChI is InChI=1S/C18H29N3OS/c1-5-14(21-10-7-13(8-11-21)20(3)4)17-12(2)16-15(23-17)6-9-19-18(16)22/h13-14H,5-11H2,1-4H3,(H,19,22). The van der Waals surface area contributed by atoms with E-state index in [2.05, 4.69) is 43.1 Å². The van der Waals surface area contributed by atoms with Gasteiger partial charge < -0.3 is 10.2 Å². The molecule has 4 nitrogen and oxygen atoms in total. The zero-order valence-electron chi connectivity index (χ0n) is 14.8. The van der Waals surface area contributed by atoms with Crippen molar-refractivity contribution in [1.29, 1.82) is 0 Å². The highest BCUT2D eigenvalue weighted by atomic mass is 32.1. The van der Waals surface area contributed by atoms with Crippen molar-refractivity contribution in [1.82, 2.24) is 15.1 Å². The molecule has 2 aliphatic rings. The highest BCUT2D eigenvalue weighted by molar-refractivity contribution is 7.12. The molecule has 1 saturated heterocycles. The third-order valence-corrected chi connectivity index (χ3v) is 6.93. The molecule has 3 rings (SSSR count). The molecular formula is C18H29N3OS. The SMILES string of the molecule is CCC(c1sc2c(c1C)C(=O)NCC2)N1CCC(N(C)C)CC1. The Balaban J connectivity index is 1.81. The van der Waals surface area contributed by atoms with Gasteiger partial charge in [0.25, 0.3) is 5.91 Å². The van der Waals surface area contributed by atoms with Crippen LogP contribution in [0.5, 0.6) is 0 Å². The topological polar surface area (TPSA) is 35.6 Å². The Morgan fingerprint density at radius 2 is 2.04 bits per heavy atom. The maximum atomic E-state index is 12.2. The van der Waals surface area contributed by atoms with Crippen molar-refractivity contribution in [2.45, 2.75) is 51.6 Å². The van der Waals surface area contributed by atoms with Crippen LogP contribution in [-0.4, -0.2) is 55.5 Å². The van der Waals surface area contributed by atoms with Gasteiger partial charge in [0.1, 0.15) is 0 Å². The van der Waals surface area contributed by atoms with Gasteiger partial charge in [-0.2, -0.15) is 0 Å². The molecule has 0 spiro atoms. The summed E-state index contributed by atoms with van der Waals surface area (Å²) in [5.74, 6) is 0.132. The molecule has 128 valence electrons. The molecule has 1 N–H and O–H groups in total. The summed E-state index contributed by atoms with van der Waals surface area (Å²) in [5, 5.41) is 3.00. The number of carbonyl (C=O) groups is 1. The lowest BCUT2D eigenvalue weighted by Gasteiger charge is -2.39. The summed E-state index contributed by atoms with van der Waals surface area (Å²) in [4.78, 5) is 19.9. The van der Waals surface area contributed by atoms with Gasteiger partial charge in [0.2, 0.25) is 0 Å². The van der Waals surface area contributed by atoms with E-state index < -0.39 is 0 Å². The van der Waals surface area contributed by atoms with Crippen LogP contribution in [0.25, 0.3) is 0 Å². The molecular weight excluding hydrogens is 306 g/mol. The molecule has 0 aliphatic carbocycles. The Morgan fingerprint density at radius 3 is 2.61 bits per heavy atom. The average Bonchev–Trinajstić information content (AvgIpc) is 2.87. The fourth-order valence-corrected chi connectivity index (χ4v) is 5.61. The second-order valence-corrected chi connectivity index (χ2v) is 8.19. The first-order valence-corrected chi connectivity index (χ1v) is 9.65. The highest BCUT2D eigenvalue weighted by Crippen LogP contribution is 2.39. The van der Waals surface area contributed by atoms with Crippen LogP contribution in [0.3, 0.4) is 0 Å². The van der Waals surface area contributed by atoms with E-state index in [1.54, 1.807) is 0 Å². The predicted molar refractivity (Wildman–Crippen MR) is 96.4 cm³/mol. The van der Waals surface area contributed by atoms with E-state index in [0.29, 0.717) is 12.1 Å². The monoisotopic (exact) mass is 335 g/mol. The quantitative estimate of drug-likeness (QED) is 0.919. The van der Waals surface area contributed by atoms with Gasteiger partial charge in [-0.1, -0.05) is 6.92 Å². The number of likely N-dealkylation sites (tertiary alicyclic amines) is 1. The van der Waals surface area contributed by atoms with E-state index in [1.165, 1.54) is 28.2 Å². The van der Waals surface area contributed by atoms with E-state index in [-0.39, 0.29) is 5.91 Å². The number of piperidine rings is 1. The minimum absolute atomic E-state index is 0.132. The van der Waals surface area contributed by atoms with E-state index in [4.69, 9.17) is 0 Å². The van der Waals surface area contributed by atoms with Crippen LogP contribution in [0.1, 0.15) is 57.9 Å². The number of rotatable bonds is 4. The molecule has 2 aliphatic heterocycles.